The van der Waals surface area contributed by atoms with Gasteiger partial charge in [0, 0.05) is 24.9 Å². The van der Waals surface area contributed by atoms with E-state index in [-0.39, 0.29) is 17.2 Å². The quantitative estimate of drug-likeness (QED) is 0.518. The van der Waals surface area contributed by atoms with E-state index in [1.54, 1.807) is 6.07 Å². The summed E-state index contributed by atoms with van der Waals surface area (Å²) in [6, 6.07) is 24.1. The van der Waals surface area contributed by atoms with Crippen LogP contribution >= 0.6 is 11.3 Å². The molecule has 2 amide bonds. The fourth-order valence-electron chi connectivity index (χ4n) is 3.29. The highest BCUT2D eigenvalue weighted by molar-refractivity contribution is 7.12. The van der Waals surface area contributed by atoms with Crippen LogP contribution in [0.1, 0.15) is 40.6 Å². The van der Waals surface area contributed by atoms with Crippen LogP contribution in [0, 0.1) is 0 Å². The Morgan fingerprint density at radius 3 is 2.03 bits per heavy atom. The van der Waals surface area contributed by atoms with Crippen molar-refractivity contribution in [3.8, 4) is 0 Å². The molecule has 0 aliphatic carbocycles. The van der Waals surface area contributed by atoms with Gasteiger partial charge in [0.15, 0.2) is 0 Å². The van der Waals surface area contributed by atoms with Crippen LogP contribution in [0.2, 0.25) is 0 Å². The lowest BCUT2D eigenvalue weighted by Crippen LogP contribution is -2.39. The molecule has 0 atom stereocenters. The Hall–Kier alpha value is -2.92. The minimum Gasteiger partial charge on any atom is -0.355 e. The number of nitrogens with one attached hydrogen (secondary N) is 2. The molecule has 0 radical (unpaired) electrons. The molecule has 5 heteroatoms. The van der Waals surface area contributed by atoms with Gasteiger partial charge >= 0.3 is 0 Å². The van der Waals surface area contributed by atoms with Crippen LogP contribution in [0.15, 0.2) is 78.2 Å². The van der Waals surface area contributed by atoms with Crippen LogP contribution in [-0.4, -0.2) is 24.9 Å². The lowest BCUT2D eigenvalue weighted by atomic mass is 9.76. The lowest BCUT2D eigenvalue weighted by molar-refractivity contribution is -0.121. The molecule has 1 aromatic heterocycles. The summed E-state index contributed by atoms with van der Waals surface area (Å²) in [7, 11) is 0. The first-order valence-corrected chi connectivity index (χ1v) is 10.7. The molecule has 0 saturated carbocycles. The summed E-state index contributed by atoms with van der Waals surface area (Å²) in [5, 5.41) is 7.82. The third-order valence-corrected chi connectivity index (χ3v) is 5.94. The van der Waals surface area contributed by atoms with Crippen molar-refractivity contribution in [1.29, 1.82) is 0 Å². The van der Waals surface area contributed by atoms with Gasteiger partial charge in [0.1, 0.15) is 0 Å². The summed E-state index contributed by atoms with van der Waals surface area (Å²) in [5.41, 5.74) is 2.01. The van der Waals surface area contributed by atoms with Gasteiger partial charge in [-0.05, 0) is 35.9 Å². The largest absolute Gasteiger partial charge is 0.355 e. The van der Waals surface area contributed by atoms with Crippen LogP contribution < -0.4 is 10.6 Å². The smallest absolute Gasteiger partial charge is 0.261 e. The maximum Gasteiger partial charge on any atom is 0.261 e. The number of carbonyl (C=O) groups is 2. The minimum absolute atomic E-state index is 0.00606. The maximum atomic E-state index is 12.4. The van der Waals surface area contributed by atoms with E-state index in [1.807, 2.05) is 47.8 Å². The molecule has 2 N–H and O–H groups in total. The number of carbonyl (C=O) groups excluding carboxylic acids is 2. The summed E-state index contributed by atoms with van der Waals surface area (Å²) in [6.07, 6.45) is 0.987. The van der Waals surface area contributed by atoms with E-state index in [0.717, 1.165) is 11.1 Å². The molecular weight excluding hydrogens is 380 g/mol. The zero-order valence-corrected chi connectivity index (χ0v) is 17.4. The van der Waals surface area contributed by atoms with Gasteiger partial charge in [-0.3, -0.25) is 9.59 Å². The molecular formula is C24H26N2O2S. The number of hydrogen-bond donors (Lipinski definition) is 2. The highest BCUT2D eigenvalue weighted by atomic mass is 32.1. The van der Waals surface area contributed by atoms with Crippen LogP contribution in [-0.2, 0) is 10.2 Å². The molecule has 0 bridgehead atoms. The first-order valence-electron chi connectivity index (χ1n) is 9.79. The Bertz CT molecular complexity index is 869. The molecule has 1 heterocycles. The summed E-state index contributed by atoms with van der Waals surface area (Å²) < 4.78 is 0. The van der Waals surface area contributed by atoms with Crippen LogP contribution in [0.5, 0.6) is 0 Å². The normalized spacial score (nSPS) is 11.1. The van der Waals surface area contributed by atoms with Gasteiger partial charge in [-0.2, -0.15) is 0 Å². The van der Waals surface area contributed by atoms with Gasteiger partial charge in [0.05, 0.1) is 4.88 Å². The molecule has 0 aliphatic heterocycles. The molecule has 0 unspecified atom stereocenters. The summed E-state index contributed by atoms with van der Waals surface area (Å²) in [4.78, 5) is 25.0. The topological polar surface area (TPSA) is 58.2 Å². The molecule has 2 aromatic carbocycles. The second kappa shape index (κ2) is 10.0. The third-order valence-electron chi connectivity index (χ3n) is 5.07. The zero-order chi connectivity index (χ0) is 20.5. The fourth-order valence-corrected chi connectivity index (χ4v) is 3.93. The van der Waals surface area contributed by atoms with E-state index in [9.17, 15) is 9.59 Å². The number of hydrogen-bond acceptors (Lipinski definition) is 3. The van der Waals surface area contributed by atoms with E-state index < -0.39 is 0 Å². The molecule has 3 aromatic rings. The number of benzene rings is 2. The van der Waals surface area contributed by atoms with Gasteiger partial charge < -0.3 is 10.6 Å². The van der Waals surface area contributed by atoms with Crippen molar-refractivity contribution in [1.82, 2.24) is 10.6 Å². The van der Waals surface area contributed by atoms with E-state index >= 15 is 0 Å². The van der Waals surface area contributed by atoms with Gasteiger partial charge in [-0.25, -0.2) is 0 Å². The molecule has 3 rings (SSSR count). The van der Waals surface area contributed by atoms with Crippen LogP contribution in [0.3, 0.4) is 0 Å². The Labute approximate surface area is 176 Å². The Morgan fingerprint density at radius 2 is 1.48 bits per heavy atom. The van der Waals surface area contributed by atoms with Crippen molar-refractivity contribution in [2.24, 2.45) is 0 Å². The zero-order valence-electron chi connectivity index (χ0n) is 16.6. The first kappa shape index (κ1) is 20.8. The molecule has 0 aliphatic rings. The SMILES string of the molecule is CC(CNC(=O)CCCNC(=O)c1cccs1)(c1ccccc1)c1ccccc1. The second-order valence-electron chi connectivity index (χ2n) is 7.18. The highest BCUT2D eigenvalue weighted by Gasteiger charge is 2.29. The lowest BCUT2D eigenvalue weighted by Gasteiger charge is -2.31. The highest BCUT2D eigenvalue weighted by Crippen LogP contribution is 2.31. The monoisotopic (exact) mass is 406 g/mol. The van der Waals surface area contributed by atoms with Crippen molar-refractivity contribution >= 4 is 23.2 Å². The van der Waals surface area contributed by atoms with Crippen molar-refractivity contribution in [2.45, 2.75) is 25.2 Å². The minimum atomic E-state index is -0.314. The third kappa shape index (κ3) is 5.55. The van der Waals surface area contributed by atoms with Crippen molar-refractivity contribution < 1.29 is 9.59 Å². The number of thiophene rings is 1. The molecule has 150 valence electrons. The number of rotatable bonds is 9. The second-order valence-corrected chi connectivity index (χ2v) is 8.13. The van der Waals surface area contributed by atoms with Crippen LogP contribution in [0.4, 0.5) is 0 Å². The van der Waals surface area contributed by atoms with Gasteiger partial charge in [0.2, 0.25) is 5.91 Å². The number of amides is 2. The van der Waals surface area contributed by atoms with E-state index in [2.05, 4.69) is 41.8 Å². The van der Waals surface area contributed by atoms with Gasteiger partial charge in [0.25, 0.3) is 5.91 Å². The van der Waals surface area contributed by atoms with Crippen molar-refractivity contribution in [3.05, 3.63) is 94.2 Å². The molecule has 4 nitrogen and oxygen atoms in total. The summed E-state index contributed by atoms with van der Waals surface area (Å²) in [5.74, 6) is -0.0883. The van der Waals surface area contributed by atoms with Crippen molar-refractivity contribution in [2.75, 3.05) is 13.1 Å². The first-order chi connectivity index (χ1) is 14.1. The standard InChI is InChI=1S/C24H26N2O2S/c1-24(19-10-4-2-5-11-19,20-12-6-3-7-13-20)18-26-22(27)15-8-16-25-23(28)21-14-9-17-29-21/h2-7,9-14,17H,8,15-16,18H2,1H3,(H,25,28)(H,26,27). The van der Waals surface area contributed by atoms with Gasteiger partial charge in [-0.15, -0.1) is 11.3 Å². The average Bonchev–Trinajstić information content (AvgIpc) is 3.31. The Kier molecular flexibility index (Phi) is 7.19. The Morgan fingerprint density at radius 1 is 0.862 bits per heavy atom. The van der Waals surface area contributed by atoms with E-state index in [4.69, 9.17) is 0 Å². The molecule has 29 heavy (non-hydrogen) atoms. The summed E-state index contributed by atoms with van der Waals surface area (Å²) in [6.45, 7) is 3.15. The van der Waals surface area contributed by atoms with Crippen molar-refractivity contribution in [3.63, 3.8) is 0 Å². The predicted molar refractivity (Wildman–Crippen MR) is 118 cm³/mol. The average molecular weight is 407 g/mol. The van der Waals surface area contributed by atoms with Gasteiger partial charge in [-0.1, -0.05) is 66.7 Å². The molecule has 0 saturated heterocycles. The Balaban J connectivity index is 1.53. The predicted octanol–water partition coefficient (Wildman–Crippen LogP) is 4.38. The molecule has 0 spiro atoms. The van der Waals surface area contributed by atoms with E-state index in [0.29, 0.717) is 30.8 Å². The molecule has 0 fully saturated rings. The van der Waals surface area contributed by atoms with Crippen LogP contribution in [0.25, 0.3) is 0 Å². The maximum absolute atomic E-state index is 12.4. The fraction of sp³-hybridized carbons (Fsp3) is 0.250. The van der Waals surface area contributed by atoms with E-state index in [1.165, 1.54) is 11.3 Å². The summed E-state index contributed by atoms with van der Waals surface area (Å²) >= 11 is 1.41.